The van der Waals surface area contributed by atoms with Crippen LogP contribution in [0.5, 0.6) is 0 Å². The molecule has 2 atom stereocenters. The lowest BCUT2D eigenvalue weighted by molar-refractivity contribution is -0.150. The third kappa shape index (κ3) is 3.59. The minimum atomic E-state index is -0.212. The quantitative estimate of drug-likeness (QED) is 0.859. The first-order valence-corrected chi connectivity index (χ1v) is 7.25. The summed E-state index contributed by atoms with van der Waals surface area (Å²) in [5, 5.41) is 2.98. The molecular weight excluding hydrogens is 254 g/mol. The molecule has 0 bridgehead atoms. The molecule has 1 aromatic carbocycles. The Kier molecular flexibility index (Phi) is 5.16. The molecule has 0 unspecified atom stereocenters. The van der Waals surface area contributed by atoms with Crippen LogP contribution in [-0.2, 0) is 9.53 Å². The molecule has 2 rings (SSSR count). The van der Waals surface area contributed by atoms with E-state index in [0.717, 1.165) is 25.7 Å². The summed E-state index contributed by atoms with van der Waals surface area (Å²) in [4.78, 5) is 24.1. The fourth-order valence-electron chi connectivity index (χ4n) is 2.68. The van der Waals surface area contributed by atoms with E-state index in [4.69, 9.17) is 4.74 Å². The normalized spacial score (nSPS) is 22.1. The SMILES string of the molecule is CCOC(=O)[C@@H]1CCCC[C@@H]1NC(=O)c1ccccc1. The molecule has 0 heterocycles. The topological polar surface area (TPSA) is 55.4 Å². The smallest absolute Gasteiger partial charge is 0.311 e. The number of benzene rings is 1. The van der Waals surface area contributed by atoms with Gasteiger partial charge in [-0.2, -0.15) is 0 Å². The van der Waals surface area contributed by atoms with Gasteiger partial charge in [0.2, 0.25) is 0 Å². The van der Waals surface area contributed by atoms with Crippen LogP contribution in [0.4, 0.5) is 0 Å². The van der Waals surface area contributed by atoms with Gasteiger partial charge in [-0.05, 0) is 31.9 Å². The van der Waals surface area contributed by atoms with E-state index in [-0.39, 0.29) is 23.8 Å². The average Bonchev–Trinajstić information content (AvgIpc) is 2.49. The molecule has 1 saturated carbocycles. The summed E-state index contributed by atoms with van der Waals surface area (Å²) >= 11 is 0. The first kappa shape index (κ1) is 14.6. The van der Waals surface area contributed by atoms with Crippen molar-refractivity contribution in [3.63, 3.8) is 0 Å². The minimum Gasteiger partial charge on any atom is -0.466 e. The first-order valence-electron chi connectivity index (χ1n) is 7.25. The Balaban J connectivity index is 2.02. The Morgan fingerprint density at radius 2 is 1.90 bits per heavy atom. The van der Waals surface area contributed by atoms with Crippen LogP contribution in [-0.4, -0.2) is 24.5 Å². The summed E-state index contributed by atoms with van der Waals surface area (Å²) in [7, 11) is 0. The van der Waals surface area contributed by atoms with E-state index < -0.39 is 0 Å². The molecule has 4 nitrogen and oxygen atoms in total. The highest BCUT2D eigenvalue weighted by Crippen LogP contribution is 2.26. The second-order valence-electron chi connectivity index (χ2n) is 5.09. The third-order valence-corrected chi connectivity index (χ3v) is 3.71. The van der Waals surface area contributed by atoms with Gasteiger partial charge in [-0.15, -0.1) is 0 Å². The molecule has 1 aliphatic rings. The summed E-state index contributed by atoms with van der Waals surface area (Å²) < 4.78 is 5.11. The van der Waals surface area contributed by atoms with Crippen LogP contribution < -0.4 is 5.32 Å². The third-order valence-electron chi connectivity index (χ3n) is 3.71. The average molecular weight is 275 g/mol. The number of carbonyl (C=O) groups is 2. The van der Waals surface area contributed by atoms with E-state index in [1.165, 1.54) is 0 Å². The van der Waals surface area contributed by atoms with Crippen molar-refractivity contribution < 1.29 is 14.3 Å². The van der Waals surface area contributed by atoms with Crippen molar-refractivity contribution in [2.24, 2.45) is 5.92 Å². The van der Waals surface area contributed by atoms with Gasteiger partial charge in [-0.3, -0.25) is 9.59 Å². The molecule has 0 radical (unpaired) electrons. The number of amides is 1. The Bertz CT molecular complexity index is 458. The number of hydrogen-bond donors (Lipinski definition) is 1. The Morgan fingerprint density at radius 1 is 1.20 bits per heavy atom. The maximum Gasteiger partial charge on any atom is 0.311 e. The molecule has 0 aliphatic heterocycles. The molecule has 0 aromatic heterocycles. The zero-order valence-corrected chi connectivity index (χ0v) is 11.8. The number of esters is 1. The van der Waals surface area contributed by atoms with Crippen LogP contribution in [0, 0.1) is 5.92 Å². The Labute approximate surface area is 119 Å². The number of rotatable bonds is 4. The zero-order valence-electron chi connectivity index (χ0n) is 11.8. The van der Waals surface area contributed by atoms with Gasteiger partial charge in [0.1, 0.15) is 0 Å². The molecule has 4 heteroatoms. The number of ether oxygens (including phenoxy) is 1. The maximum atomic E-state index is 12.2. The van der Waals surface area contributed by atoms with Gasteiger partial charge in [0.05, 0.1) is 12.5 Å². The van der Waals surface area contributed by atoms with Gasteiger partial charge in [-0.1, -0.05) is 31.0 Å². The van der Waals surface area contributed by atoms with Crippen molar-refractivity contribution in [2.75, 3.05) is 6.61 Å². The summed E-state index contributed by atoms with van der Waals surface area (Å²) in [5.41, 5.74) is 0.626. The fraction of sp³-hybridized carbons (Fsp3) is 0.500. The highest BCUT2D eigenvalue weighted by molar-refractivity contribution is 5.94. The van der Waals surface area contributed by atoms with Crippen molar-refractivity contribution in [1.29, 1.82) is 0 Å². The summed E-state index contributed by atoms with van der Waals surface area (Å²) in [5.74, 6) is -0.520. The summed E-state index contributed by atoms with van der Waals surface area (Å²) in [6, 6.07) is 8.97. The van der Waals surface area contributed by atoms with Gasteiger partial charge in [0.15, 0.2) is 0 Å². The lowest BCUT2D eigenvalue weighted by atomic mass is 9.84. The second-order valence-corrected chi connectivity index (χ2v) is 5.09. The maximum absolute atomic E-state index is 12.2. The molecular formula is C16H21NO3. The Hall–Kier alpha value is -1.84. The molecule has 1 amide bonds. The molecule has 1 fully saturated rings. The van der Waals surface area contributed by atoms with E-state index in [9.17, 15) is 9.59 Å². The summed E-state index contributed by atoms with van der Waals surface area (Å²) in [6.45, 7) is 2.19. The predicted octanol–water partition coefficient (Wildman–Crippen LogP) is 2.54. The molecule has 1 N–H and O–H groups in total. The van der Waals surface area contributed by atoms with Gasteiger partial charge < -0.3 is 10.1 Å². The van der Waals surface area contributed by atoms with Gasteiger partial charge >= 0.3 is 5.97 Å². The largest absolute Gasteiger partial charge is 0.466 e. The van der Waals surface area contributed by atoms with Crippen LogP contribution in [0.3, 0.4) is 0 Å². The van der Waals surface area contributed by atoms with Crippen molar-refractivity contribution in [3.8, 4) is 0 Å². The lowest BCUT2D eigenvalue weighted by Crippen LogP contribution is -2.45. The monoisotopic (exact) mass is 275 g/mol. The minimum absolute atomic E-state index is 0.115. The van der Waals surface area contributed by atoms with Crippen LogP contribution in [0.1, 0.15) is 43.0 Å². The molecule has 1 aromatic rings. The van der Waals surface area contributed by atoms with E-state index in [0.29, 0.717) is 12.2 Å². The standard InChI is InChI=1S/C16H21NO3/c1-2-20-16(19)13-10-6-7-11-14(13)17-15(18)12-8-4-3-5-9-12/h3-5,8-9,13-14H,2,6-7,10-11H2,1H3,(H,17,18)/t13-,14+/m1/s1. The molecule has 0 saturated heterocycles. The lowest BCUT2D eigenvalue weighted by Gasteiger charge is -2.30. The zero-order chi connectivity index (χ0) is 14.4. The van der Waals surface area contributed by atoms with Crippen molar-refractivity contribution in [2.45, 2.75) is 38.6 Å². The van der Waals surface area contributed by atoms with Crippen LogP contribution >= 0.6 is 0 Å². The highest BCUT2D eigenvalue weighted by atomic mass is 16.5. The van der Waals surface area contributed by atoms with Crippen molar-refractivity contribution in [3.05, 3.63) is 35.9 Å². The van der Waals surface area contributed by atoms with E-state index >= 15 is 0 Å². The molecule has 20 heavy (non-hydrogen) atoms. The van der Waals surface area contributed by atoms with Crippen molar-refractivity contribution in [1.82, 2.24) is 5.32 Å². The van der Waals surface area contributed by atoms with E-state index in [1.54, 1.807) is 19.1 Å². The second kappa shape index (κ2) is 7.08. The van der Waals surface area contributed by atoms with Crippen LogP contribution in [0.2, 0.25) is 0 Å². The van der Waals surface area contributed by atoms with Crippen LogP contribution in [0.25, 0.3) is 0 Å². The van der Waals surface area contributed by atoms with Gasteiger partial charge in [0, 0.05) is 11.6 Å². The van der Waals surface area contributed by atoms with Gasteiger partial charge in [-0.25, -0.2) is 0 Å². The first-order chi connectivity index (χ1) is 9.72. The Morgan fingerprint density at radius 3 is 2.60 bits per heavy atom. The predicted molar refractivity (Wildman–Crippen MR) is 76.3 cm³/mol. The highest BCUT2D eigenvalue weighted by Gasteiger charge is 2.33. The van der Waals surface area contributed by atoms with Crippen LogP contribution in [0.15, 0.2) is 30.3 Å². The molecule has 108 valence electrons. The number of carbonyl (C=O) groups excluding carboxylic acids is 2. The number of nitrogens with one attached hydrogen (secondary N) is 1. The van der Waals surface area contributed by atoms with E-state index in [2.05, 4.69) is 5.32 Å². The summed E-state index contributed by atoms with van der Waals surface area (Å²) in [6.07, 6.45) is 3.68. The van der Waals surface area contributed by atoms with Crippen molar-refractivity contribution >= 4 is 11.9 Å². The number of hydrogen-bond acceptors (Lipinski definition) is 3. The molecule has 1 aliphatic carbocycles. The van der Waals surface area contributed by atoms with Gasteiger partial charge in [0.25, 0.3) is 5.91 Å². The molecule has 0 spiro atoms. The fourth-order valence-corrected chi connectivity index (χ4v) is 2.68. The van der Waals surface area contributed by atoms with E-state index in [1.807, 2.05) is 18.2 Å².